The molecule has 0 aromatic carbocycles. The van der Waals surface area contributed by atoms with Gasteiger partial charge in [0.25, 0.3) is 0 Å². The van der Waals surface area contributed by atoms with E-state index in [1.165, 1.54) is 0 Å². The van der Waals surface area contributed by atoms with Crippen LogP contribution in [0.15, 0.2) is 0 Å². The minimum Gasteiger partial charge on any atom is -0.481 e. The van der Waals surface area contributed by atoms with Crippen LogP contribution in [0.2, 0.25) is 0 Å². The first-order valence-electron chi connectivity index (χ1n) is 6.67. The maximum absolute atomic E-state index is 11.7. The fraction of sp³-hybridized carbons (Fsp3) is 0.923. The smallest absolute Gasteiger partial charge is 0.313 e. The Morgan fingerprint density at radius 3 is 2.65 bits per heavy atom. The lowest BCUT2D eigenvalue weighted by Gasteiger charge is -2.49. The topological polar surface area (TPSA) is 69.6 Å². The standard InChI is InChI=1S/C13H23NO3/c1-10-4-2-6-13(17,8-10)12(11(15)16)5-3-7-14-9-12/h10,14,17H,2-9H2,1H3,(H,15,16). The summed E-state index contributed by atoms with van der Waals surface area (Å²) in [6.45, 7) is 3.38. The first kappa shape index (κ1) is 12.8. The second-order valence-corrected chi connectivity index (χ2v) is 5.90. The third-order valence-electron chi connectivity index (χ3n) is 4.66. The van der Waals surface area contributed by atoms with E-state index in [9.17, 15) is 15.0 Å². The predicted octanol–water partition coefficient (Wildman–Crippen LogP) is 1.38. The van der Waals surface area contributed by atoms with E-state index in [0.29, 0.717) is 31.7 Å². The molecule has 17 heavy (non-hydrogen) atoms. The van der Waals surface area contributed by atoms with Crippen LogP contribution in [0.4, 0.5) is 0 Å². The highest BCUT2D eigenvalue weighted by atomic mass is 16.4. The molecule has 4 heteroatoms. The van der Waals surface area contributed by atoms with Gasteiger partial charge in [-0.2, -0.15) is 0 Å². The van der Waals surface area contributed by atoms with Crippen LogP contribution < -0.4 is 5.32 Å². The summed E-state index contributed by atoms with van der Waals surface area (Å²) in [5.41, 5.74) is -2.00. The molecule has 0 radical (unpaired) electrons. The quantitative estimate of drug-likeness (QED) is 0.683. The van der Waals surface area contributed by atoms with Crippen molar-refractivity contribution in [3.05, 3.63) is 0 Å². The zero-order valence-corrected chi connectivity index (χ0v) is 10.5. The molecule has 2 rings (SSSR count). The van der Waals surface area contributed by atoms with E-state index in [1.54, 1.807) is 0 Å². The van der Waals surface area contributed by atoms with E-state index in [-0.39, 0.29) is 0 Å². The van der Waals surface area contributed by atoms with Crippen LogP contribution in [0, 0.1) is 11.3 Å². The Balaban J connectivity index is 2.28. The SMILES string of the molecule is CC1CCCC(O)(C2(C(=O)O)CCCNC2)C1. The van der Waals surface area contributed by atoms with E-state index in [2.05, 4.69) is 12.2 Å². The van der Waals surface area contributed by atoms with Gasteiger partial charge in [0, 0.05) is 6.54 Å². The highest BCUT2D eigenvalue weighted by Crippen LogP contribution is 2.47. The van der Waals surface area contributed by atoms with E-state index in [0.717, 1.165) is 25.8 Å². The number of aliphatic carboxylic acids is 1. The number of aliphatic hydroxyl groups is 1. The van der Waals surface area contributed by atoms with E-state index in [1.807, 2.05) is 0 Å². The van der Waals surface area contributed by atoms with Crippen molar-refractivity contribution in [2.45, 2.75) is 51.0 Å². The van der Waals surface area contributed by atoms with E-state index in [4.69, 9.17) is 0 Å². The molecular weight excluding hydrogens is 218 g/mol. The van der Waals surface area contributed by atoms with Crippen LogP contribution in [0.1, 0.15) is 45.4 Å². The number of nitrogens with one attached hydrogen (secondary N) is 1. The molecule has 1 aliphatic carbocycles. The Bertz CT molecular complexity index is 299. The van der Waals surface area contributed by atoms with Gasteiger partial charge in [-0.05, 0) is 38.1 Å². The Morgan fingerprint density at radius 1 is 1.35 bits per heavy atom. The van der Waals surface area contributed by atoms with Crippen LogP contribution in [0.3, 0.4) is 0 Å². The van der Waals surface area contributed by atoms with Crippen LogP contribution in [-0.2, 0) is 4.79 Å². The lowest BCUT2D eigenvalue weighted by molar-refractivity contribution is -0.180. The Kier molecular flexibility index (Phi) is 3.46. The molecule has 3 unspecified atom stereocenters. The first-order chi connectivity index (χ1) is 8.00. The number of piperidine rings is 1. The molecule has 0 spiro atoms. The van der Waals surface area contributed by atoms with Gasteiger partial charge in [-0.15, -0.1) is 0 Å². The van der Waals surface area contributed by atoms with Gasteiger partial charge in [-0.1, -0.05) is 19.8 Å². The molecule has 1 saturated carbocycles. The molecule has 0 aromatic heterocycles. The van der Waals surface area contributed by atoms with Crippen molar-refractivity contribution >= 4 is 5.97 Å². The van der Waals surface area contributed by atoms with Gasteiger partial charge < -0.3 is 15.5 Å². The van der Waals surface area contributed by atoms with Crippen LogP contribution in [0.5, 0.6) is 0 Å². The maximum atomic E-state index is 11.7. The molecular formula is C13H23NO3. The highest BCUT2D eigenvalue weighted by Gasteiger charge is 2.57. The van der Waals surface area contributed by atoms with Crippen molar-refractivity contribution in [1.29, 1.82) is 0 Å². The van der Waals surface area contributed by atoms with Crippen molar-refractivity contribution in [3.8, 4) is 0 Å². The number of carboxylic acids is 1. The highest BCUT2D eigenvalue weighted by molar-refractivity contribution is 5.77. The van der Waals surface area contributed by atoms with Gasteiger partial charge in [0.05, 0.1) is 5.60 Å². The molecule has 98 valence electrons. The molecule has 1 heterocycles. The largest absolute Gasteiger partial charge is 0.481 e. The van der Waals surface area contributed by atoms with Crippen LogP contribution in [0.25, 0.3) is 0 Å². The van der Waals surface area contributed by atoms with Gasteiger partial charge >= 0.3 is 5.97 Å². The Labute approximate surface area is 102 Å². The number of rotatable bonds is 2. The predicted molar refractivity (Wildman–Crippen MR) is 64.8 cm³/mol. The fourth-order valence-corrected chi connectivity index (χ4v) is 3.64. The molecule has 1 aliphatic heterocycles. The van der Waals surface area contributed by atoms with Gasteiger partial charge in [-0.25, -0.2) is 0 Å². The number of carbonyl (C=O) groups is 1. The number of hydrogen-bond donors (Lipinski definition) is 3. The molecule has 3 N–H and O–H groups in total. The second kappa shape index (κ2) is 4.58. The minimum atomic E-state index is -1.02. The fourth-order valence-electron chi connectivity index (χ4n) is 3.64. The molecule has 4 nitrogen and oxygen atoms in total. The van der Waals surface area contributed by atoms with Crippen molar-refractivity contribution in [2.24, 2.45) is 11.3 Å². The average molecular weight is 241 g/mol. The molecule has 2 aliphatic rings. The van der Waals surface area contributed by atoms with Gasteiger partial charge in [0.15, 0.2) is 0 Å². The second-order valence-electron chi connectivity index (χ2n) is 5.90. The van der Waals surface area contributed by atoms with Crippen molar-refractivity contribution in [2.75, 3.05) is 13.1 Å². The Morgan fingerprint density at radius 2 is 2.12 bits per heavy atom. The zero-order chi connectivity index (χ0) is 12.5. The summed E-state index contributed by atoms with van der Waals surface area (Å²) in [5.74, 6) is -0.409. The first-order valence-corrected chi connectivity index (χ1v) is 6.67. The Hall–Kier alpha value is -0.610. The maximum Gasteiger partial charge on any atom is 0.313 e. The molecule has 0 aromatic rings. The molecule has 3 atom stereocenters. The van der Waals surface area contributed by atoms with Crippen molar-refractivity contribution < 1.29 is 15.0 Å². The number of hydrogen-bond acceptors (Lipinski definition) is 3. The molecule has 0 amide bonds. The average Bonchev–Trinajstić information content (AvgIpc) is 2.29. The van der Waals surface area contributed by atoms with E-state index < -0.39 is 17.0 Å². The summed E-state index contributed by atoms with van der Waals surface area (Å²) < 4.78 is 0. The third kappa shape index (κ3) is 2.08. The van der Waals surface area contributed by atoms with Gasteiger partial charge in [-0.3, -0.25) is 4.79 Å². The van der Waals surface area contributed by atoms with Gasteiger partial charge in [0.1, 0.15) is 5.41 Å². The normalized spacial score (nSPS) is 43.3. The molecule has 0 bridgehead atoms. The lowest BCUT2D eigenvalue weighted by Crippen LogP contribution is -2.61. The summed E-state index contributed by atoms with van der Waals surface area (Å²) >= 11 is 0. The van der Waals surface area contributed by atoms with Gasteiger partial charge in [0.2, 0.25) is 0 Å². The monoisotopic (exact) mass is 241 g/mol. The summed E-state index contributed by atoms with van der Waals surface area (Å²) in [6, 6.07) is 0. The summed E-state index contributed by atoms with van der Waals surface area (Å²) in [6.07, 6.45) is 4.73. The van der Waals surface area contributed by atoms with Crippen molar-refractivity contribution in [3.63, 3.8) is 0 Å². The summed E-state index contributed by atoms with van der Waals surface area (Å²) in [5, 5.41) is 23.6. The number of carboxylic acid groups (broad SMARTS) is 1. The summed E-state index contributed by atoms with van der Waals surface area (Å²) in [4.78, 5) is 11.7. The molecule has 2 fully saturated rings. The minimum absolute atomic E-state index is 0.408. The van der Waals surface area contributed by atoms with Crippen LogP contribution in [-0.4, -0.2) is 34.9 Å². The van der Waals surface area contributed by atoms with E-state index >= 15 is 0 Å². The van der Waals surface area contributed by atoms with Crippen molar-refractivity contribution in [1.82, 2.24) is 5.32 Å². The molecule has 1 saturated heterocycles. The zero-order valence-electron chi connectivity index (χ0n) is 10.5. The summed E-state index contributed by atoms with van der Waals surface area (Å²) in [7, 11) is 0. The third-order valence-corrected chi connectivity index (χ3v) is 4.66. The lowest BCUT2D eigenvalue weighted by atomic mass is 9.60. The van der Waals surface area contributed by atoms with Crippen LogP contribution >= 0.6 is 0 Å².